The molecule has 0 unspecified atom stereocenters. The van der Waals surface area contributed by atoms with Crippen molar-refractivity contribution in [3.8, 4) is 6.07 Å². The van der Waals surface area contributed by atoms with Gasteiger partial charge in [0.05, 0.1) is 17.3 Å². The Kier molecular flexibility index (Phi) is 4.66. The zero-order valence-corrected chi connectivity index (χ0v) is 16.5. The molecule has 2 amide bonds. The van der Waals surface area contributed by atoms with Crippen LogP contribution in [0.1, 0.15) is 45.5 Å². The topological polar surface area (TPSA) is 124 Å². The summed E-state index contributed by atoms with van der Waals surface area (Å²) >= 11 is 0. The first kappa shape index (κ1) is 19.8. The number of fused-ring (bicyclic) bond motifs is 3. The van der Waals surface area contributed by atoms with Crippen LogP contribution in [0.3, 0.4) is 0 Å². The number of halogens is 2. The Labute approximate surface area is 180 Å². The van der Waals surface area contributed by atoms with Crippen LogP contribution < -0.4 is 10.6 Å². The number of hydrogen-bond acceptors (Lipinski definition) is 5. The molecular formula is C22H16F2N6O2. The van der Waals surface area contributed by atoms with Crippen LogP contribution in [0.2, 0.25) is 0 Å². The Hall–Kier alpha value is -4.13. The molecule has 160 valence electrons. The van der Waals surface area contributed by atoms with Gasteiger partial charge in [0.1, 0.15) is 23.5 Å². The maximum absolute atomic E-state index is 14.2. The quantitative estimate of drug-likeness (QED) is 0.582. The minimum atomic E-state index is -0.914. The van der Waals surface area contributed by atoms with Crippen LogP contribution in [0, 0.1) is 28.9 Å². The Morgan fingerprint density at radius 3 is 2.91 bits per heavy atom. The number of nitrogens with one attached hydrogen (secondary N) is 3. The van der Waals surface area contributed by atoms with E-state index in [1.165, 1.54) is 6.07 Å². The first-order valence-corrected chi connectivity index (χ1v) is 9.94. The van der Waals surface area contributed by atoms with E-state index in [2.05, 4.69) is 31.9 Å². The molecule has 5 rings (SSSR count). The largest absolute Gasteiger partial charge is 0.337 e. The summed E-state index contributed by atoms with van der Waals surface area (Å²) < 4.78 is 27.8. The van der Waals surface area contributed by atoms with Gasteiger partial charge in [-0.3, -0.25) is 9.59 Å². The van der Waals surface area contributed by atoms with Gasteiger partial charge in [-0.2, -0.15) is 5.26 Å². The van der Waals surface area contributed by atoms with E-state index in [4.69, 9.17) is 5.26 Å². The van der Waals surface area contributed by atoms with E-state index in [1.54, 1.807) is 18.2 Å². The van der Waals surface area contributed by atoms with Gasteiger partial charge in [-0.05, 0) is 47.6 Å². The van der Waals surface area contributed by atoms with E-state index in [0.717, 1.165) is 11.6 Å². The number of carbonyl (C=O) groups is 2. The van der Waals surface area contributed by atoms with E-state index in [9.17, 15) is 18.4 Å². The number of amides is 2. The number of hydrogen-bond donors (Lipinski definition) is 3. The molecule has 1 aliphatic heterocycles. The van der Waals surface area contributed by atoms with Crippen LogP contribution in [-0.2, 0) is 11.2 Å². The Bertz CT molecular complexity index is 1300. The minimum absolute atomic E-state index is 0.0396. The van der Waals surface area contributed by atoms with Crippen LogP contribution in [0.4, 0.5) is 14.5 Å². The molecule has 0 radical (unpaired) electrons. The van der Waals surface area contributed by atoms with Crippen molar-refractivity contribution in [3.63, 3.8) is 0 Å². The highest BCUT2D eigenvalue weighted by Crippen LogP contribution is 2.54. The summed E-state index contributed by atoms with van der Waals surface area (Å²) in [4.78, 5) is 28.2. The lowest BCUT2D eigenvalue weighted by atomic mass is 10.1. The standard InChI is InChI=1S/C22H16F2N6O2/c23-12-6-14-13-8-15(13)19(21(31)27-18(14)16(24)7-12)28-22(32)20-26-17(29-30-20)5-10-2-1-3-11(4-10)9-25/h1-4,6-7,13,15,19H,5,8H2,(H,27,31)(H,28,32)(H,26,29,30)/t13-,15-,19-/m1/s1. The number of carbonyl (C=O) groups excluding carboxylic acids is 2. The summed E-state index contributed by atoms with van der Waals surface area (Å²) in [5.74, 6) is -2.88. The molecule has 8 nitrogen and oxygen atoms in total. The van der Waals surface area contributed by atoms with E-state index in [0.29, 0.717) is 29.8 Å². The van der Waals surface area contributed by atoms with Crippen molar-refractivity contribution in [2.24, 2.45) is 5.92 Å². The summed E-state index contributed by atoms with van der Waals surface area (Å²) in [6.07, 6.45) is 0.871. The van der Waals surface area contributed by atoms with E-state index in [1.807, 2.05) is 6.07 Å². The molecule has 2 aromatic carbocycles. The molecule has 10 heteroatoms. The van der Waals surface area contributed by atoms with Crippen LogP contribution in [0.15, 0.2) is 36.4 Å². The van der Waals surface area contributed by atoms with Crippen LogP contribution in [-0.4, -0.2) is 33.0 Å². The Morgan fingerprint density at radius 1 is 1.25 bits per heavy atom. The lowest BCUT2D eigenvalue weighted by Gasteiger charge is -2.16. The fourth-order valence-corrected chi connectivity index (χ4v) is 4.16. The molecule has 0 saturated heterocycles. The van der Waals surface area contributed by atoms with Crippen molar-refractivity contribution >= 4 is 17.5 Å². The maximum atomic E-state index is 14.2. The fourth-order valence-electron chi connectivity index (χ4n) is 4.16. The second-order valence-corrected chi connectivity index (χ2v) is 7.91. The van der Waals surface area contributed by atoms with Gasteiger partial charge in [-0.1, -0.05) is 12.1 Å². The summed E-state index contributed by atoms with van der Waals surface area (Å²) in [5, 5.41) is 21.9. The summed E-state index contributed by atoms with van der Waals surface area (Å²) in [5.41, 5.74) is 1.69. The predicted molar refractivity (Wildman–Crippen MR) is 107 cm³/mol. The normalized spacial score (nSPS) is 20.9. The molecule has 0 bridgehead atoms. The second kappa shape index (κ2) is 7.53. The molecule has 3 N–H and O–H groups in total. The molecule has 3 aromatic rings. The summed E-state index contributed by atoms with van der Waals surface area (Å²) in [6, 6.07) is 10.1. The molecule has 1 aliphatic carbocycles. The van der Waals surface area contributed by atoms with Crippen molar-refractivity contribution in [2.45, 2.75) is 24.8 Å². The van der Waals surface area contributed by atoms with E-state index in [-0.39, 0.29) is 23.3 Å². The Balaban J connectivity index is 1.30. The number of aromatic nitrogens is 3. The highest BCUT2D eigenvalue weighted by molar-refractivity contribution is 6.01. The number of rotatable bonds is 4. The second-order valence-electron chi connectivity index (χ2n) is 7.91. The number of nitriles is 1. The zero-order valence-electron chi connectivity index (χ0n) is 16.5. The fraction of sp³-hybridized carbons (Fsp3) is 0.227. The Morgan fingerprint density at radius 2 is 2.09 bits per heavy atom. The smallest absolute Gasteiger partial charge is 0.289 e. The molecule has 1 fully saturated rings. The molecule has 32 heavy (non-hydrogen) atoms. The van der Waals surface area contributed by atoms with Crippen molar-refractivity contribution in [2.75, 3.05) is 5.32 Å². The molecule has 1 aromatic heterocycles. The van der Waals surface area contributed by atoms with Gasteiger partial charge in [0.25, 0.3) is 5.91 Å². The number of nitrogens with zero attached hydrogens (tertiary/aromatic N) is 3. The zero-order chi connectivity index (χ0) is 22.4. The van der Waals surface area contributed by atoms with Crippen molar-refractivity contribution < 1.29 is 18.4 Å². The van der Waals surface area contributed by atoms with E-state index >= 15 is 0 Å². The lowest BCUT2D eigenvalue weighted by molar-refractivity contribution is -0.118. The maximum Gasteiger partial charge on any atom is 0.289 e. The average Bonchev–Trinajstić information content (AvgIpc) is 3.44. The summed E-state index contributed by atoms with van der Waals surface area (Å²) in [6.45, 7) is 0. The number of anilines is 1. The van der Waals surface area contributed by atoms with Crippen LogP contribution in [0.25, 0.3) is 0 Å². The molecule has 3 atom stereocenters. The van der Waals surface area contributed by atoms with Crippen molar-refractivity contribution in [1.82, 2.24) is 20.5 Å². The minimum Gasteiger partial charge on any atom is -0.337 e. The van der Waals surface area contributed by atoms with Gasteiger partial charge in [0, 0.05) is 12.5 Å². The first-order chi connectivity index (χ1) is 15.4. The van der Waals surface area contributed by atoms with Gasteiger partial charge in [0.15, 0.2) is 0 Å². The van der Waals surface area contributed by atoms with Crippen molar-refractivity contribution in [3.05, 3.63) is 76.4 Å². The summed E-state index contributed by atoms with van der Waals surface area (Å²) in [7, 11) is 0. The average molecular weight is 434 g/mol. The number of aromatic amines is 1. The third-order valence-electron chi connectivity index (χ3n) is 5.75. The molecule has 2 heterocycles. The SMILES string of the molecule is N#Cc1cccc(Cc2nnc(C(=O)N[C@H]3C(=O)Nc4c(F)cc(F)cc4[C@H]4C[C@H]43)[nH]2)c1. The van der Waals surface area contributed by atoms with Crippen LogP contribution >= 0.6 is 0 Å². The molecule has 2 aliphatic rings. The predicted octanol–water partition coefficient (Wildman–Crippen LogP) is 2.40. The van der Waals surface area contributed by atoms with Gasteiger partial charge in [-0.15, -0.1) is 10.2 Å². The van der Waals surface area contributed by atoms with E-state index < -0.39 is 29.5 Å². The van der Waals surface area contributed by atoms with Gasteiger partial charge in [0.2, 0.25) is 11.7 Å². The van der Waals surface area contributed by atoms with Crippen LogP contribution in [0.5, 0.6) is 0 Å². The highest BCUT2D eigenvalue weighted by Gasteiger charge is 2.51. The highest BCUT2D eigenvalue weighted by atomic mass is 19.1. The number of H-pyrrole nitrogens is 1. The third kappa shape index (κ3) is 3.58. The van der Waals surface area contributed by atoms with Gasteiger partial charge >= 0.3 is 0 Å². The number of benzene rings is 2. The van der Waals surface area contributed by atoms with Gasteiger partial charge in [-0.25, -0.2) is 8.78 Å². The monoisotopic (exact) mass is 434 g/mol. The molecule has 1 saturated carbocycles. The van der Waals surface area contributed by atoms with Gasteiger partial charge < -0.3 is 15.6 Å². The molecule has 0 spiro atoms. The first-order valence-electron chi connectivity index (χ1n) is 9.94. The third-order valence-corrected chi connectivity index (χ3v) is 5.75. The van der Waals surface area contributed by atoms with Crippen molar-refractivity contribution in [1.29, 1.82) is 5.26 Å². The lowest BCUT2D eigenvalue weighted by Crippen LogP contribution is -2.45. The molecular weight excluding hydrogens is 418 g/mol.